The van der Waals surface area contributed by atoms with E-state index in [-0.39, 0.29) is 23.3 Å². The molecule has 2 rings (SSSR count). The molecule has 0 aliphatic carbocycles. The number of benzene rings is 2. The number of carbonyl (C=O) groups excluding carboxylic acids is 2. The van der Waals surface area contributed by atoms with Gasteiger partial charge in [-0.3, -0.25) is 4.79 Å². The molecule has 0 aliphatic heterocycles. The number of carbonyl (C=O) groups is 2. The Morgan fingerprint density at radius 3 is 2.14 bits per heavy atom. The molecule has 0 heterocycles. The topological polar surface area (TPSA) is 102 Å². The summed E-state index contributed by atoms with van der Waals surface area (Å²) in [5, 5.41) is 2.76. The van der Waals surface area contributed by atoms with E-state index in [1.165, 1.54) is 19.2 Å². The molecule has 8 heteroatoms. The Kier molecular flexibility index (Phi) is 7.31. The lowest BCUT2D eigenvalue weighted by atomic mass is 10.1. The molecule has 0 radical (unpaired) electrons. The summed E-state index contributed by atoms with van der Waals surface area (Å²) in [5.74, 6) is -0.615. The zero-order valence-corrected chi connectivity index (χ0v) is 16.9. The predicted octanol–water partition coefficient (Wildman–Crippen LogP) is 2.73. The lowest BCUT2D eigenvalue weighted by Gasteiger charge is -2.10. The van der Waals surface area contributed by atoms with Crippen LogP contribution in [0.15, 0.2) is 53.4 Å². The van der Waals surface area contributed by atoms with E-state index in [9.17, 15) is 18.0 Å². The van der Waals surface area contributed by atoms with E-state index >= 15 is 0 Å². The van der Waals surface area contributed by atoms with Crippen LogP contribution >= 0.6 is 0 Å². The van der Waals surface area contributed by atoms with Gasteiger partial charge in [0.15, 0.2) is 0 Å². The highest BCUT2D eigenvalue weighted by molar-refractivity contribution is 7.89. The van der Waals surface area contributed by atoms with E-state index in [0.717, 1.165) is 5.56 Å². The summed E-state index contributed by atoms with van der Waals surface area (Å²) < 4.78 is 31.4. The minimum Gasteiger partial charge on any atom is -0.465 e. The highest BCUT2D eigenvalue weighted by Crippen LogP contribution is 2.14. The lowest BCUT2D eigenvalue weighted by Crippen LogP contribution is -2.30. The molecule has 1 amide bonds. The SMILES string of the molecule is COC(=O)c1ccc(NC(=O)CCc2ccc(S(=O)(=O)NC(C)C)cc2)cc1. The summed E-state index contributed by atoms with van der Waals surface area (Å²) in [6.07, 6.45) is 0.721. The van der Waals surface area contributed by atoms with Crippen molar-refractivity contribution < 1.29 is 22.7 Å². The molecule has 0 saturated carbocycles. The number of amides is 1. The van der Waals surface area contributed by atoms with Gasteiger partial charge in [0, 0.05) is 18.2 Å². The lowest BCUT2D eigenvalue weighted by molar-refractivity contribution is -0.116. The van der Waals surface area contributed by atoms with Gasteiger partial charge in [0.05, 0.1) is 17.6 Å². The van der Waals surface area contributed by atoms with E-state index in [1.54, 1.807) is 50.2 Å². The summed E-state index contributed by atoms with van der Waals surface area (Å²) in [7, 11) is -2.22. The van der Waals surface area contributed by atoms with Crippen molar-refractivity contribution in [2.45, 2.75) is 37.6 Å². The van der Waals surface area contributed by atoms with E-state index in [4.69, 9.17) is 0 Å². The molecule has 2 N–H and O–H groups in total. The van der Waals surface area contributed by atoms with Crippen LogP contribution in [0.5, 0.6) is 0 Å². The van der Waals surface area contributed by atoms with E-state index < -0.39 is 16.0 Å². The second-order valence-corrected chi connectivity index (χ2v) is 8.25. The van der Waals surface area contributed by atoms with Crippen molar-refractivity contribution in [3.05, 3.63) is 59.7 Å². The maximum atomic E-state index is 12.1. The van der Waals surface area contributed by atoms with Crippen molar-refractivity contribution in [3.8, 4) is 0 Å². The quantitative estimate of drug-likeness (QED) is 0.659. The van der Waals surface area contributed by atoms with E-state index in [1.807, 2.05) is 0 Å². The number of anilines is 1. The molecule has 150 valence electrons. The molecule has 0 fully saturated rings. The molecule has 2 aromatic rings. The number of nitrogens with one attached hydrogen (secondary N) is 2. The third-order valence-electron chi connectivity index (χ3n) is 3.85. The van der Waals surface area contributed by atoms with Crippen LogP contribution in [0, 0.1) is 0 Å². The zero-order chi connectivity index (χ0) is 20.7. The summed E-state index contributed by atoms with van der Waals surface area (Å²) in [4.78, 5) is 23.7. The van der Waals surface area contributed by atoms with Gasteiger partial charge < -0.3 is 10.1 Å². The maximum Gasteiger partial charge on any atom is 0.337 e. The van der Waals surface area contributed by atoms with Crippen molar-refractivity contribution >= 4 is 27.6 Å². The van der Waals surface area contributed by atoms with Crippen LogP contribution in [-0.4, -0.2) is 33.4 Å². The van der Waals surface area contributed by atoms with Crippen LogP contribution in [0.1, 0.15) is 36.2 Å². The molecule has 28 heavy (non-hydrogen) atoms. The van der Waals surface area contributed by atoms with Crippen LogP contribution in [-0.2, 0) is 26.0 Å². The van der Waals surface area contributed by atoms with Crippen LogP contribution in [0.3, 0.4) is 0 Å². The molecular formula is C20H24N2O5S. The Balaban J connectivity index is 1.90. The number of rotatable bonds is 8. The van der Waals surface area contributed by atoms with Crippen molar-refractivity contribution in [2.24, 2.45) is 0 Å². The van der Waals surface area contributed by atoms with Crippen molar-refractivity contribution in [1.29, 1.82) is 0 Å². The fraction of sp³-hybridized carbons (Fsp3) is 0.300. The average molecular weight is 404 g/mol. The van der Waals surface area contributed by atoms with Crippen molar-refractivity contribution in [1.82, 2.24) is 4.72 Å². The second-order valence-electron chi connectivity index (χ2n) is 6.54. The van der Waals surface area contributed by atoms with Gasteiger partial charge in [0.25, 0.3) is 0 Å². The first-order valence-corrected chi connectivity index (χ1v) is 10.3. The van der Waals surface area contributed by atoms with E-state index in [2.05, 4.69) is 14.8 Å². The first kappa shape index (κ1) is 21.6. The van der Waals surface area contributed by atoms with Crippen LogP contribution in [0.25, 0.3) is 0 Å². The Morgan fingerprint density at radius 2 is 1.61 bits per heavy atom. The van der Waals surface area contributed by atoms with Crippen molar-refractivity contribution in [3.63, 3.8) is 0 Å². The molecule has 0 bridgehead atoms. The highest BCUT2D eigenvalue weighted by atomic mass is 32.2. The molecule has 0 spiro atoms. The van der Waals surface area contributed by atoms with Gasteiger partial charge in [0.1, 0.15) is 0 Å². The van der Waals surface area contributed by atoms with Gasteiger partial charge >= 0.3 is 5.97 Å². The summed E-state index contributed by atoms with van der Waals surface area (Å²) >= 11 is 0. The average Bonchev–Trinajstić information content (AvgIpc) is 2.65. The Labute approximate surface area is 165 Å². The normalized spacial score (nSPS) is 11.3. The highest BCUT2D eigenvalue weighted by Gasteiger charge is 2.15. The number of aryl methyl sites for hydroxylation is 1. The standard InChI is InChI=1S/C20H24N2O5S/c1-14(2)22-28(25,26)18-11-4-15(5-12-18)6-13-19(23)21-17-9-7-16(8-10-17)20(24)27-3/h4-5,7-12,14,22H,6,13H2,1-3H3,(H,21,23). The largest absolute Gasteiger partial charge is 0.465 e. The minimum absolute atomic E-state index is 0.177. The molecule has 0 saturated heterocycles. The number of methoxy groups -OCH3 is 1. The second kappa shape index (κ2) is 9.48. The minimum atomic E-state index is -3.52. The first-order valence-electron chi connectivity index (χ1n) is 8.81. The molecule has 0 aromatic heterocycles. The van der Waals surface area contributed by atoms with Crippen molar-refractivity contribution in [2.75, 3.05) is 12.4 Å². The fourth-order valence-electron chi connectivity index (χ4n) is 2.50. The first-order chi connectivity index (χ1) is 13.2. The predicted molar refractivity (Wildman–Crippen MR) is 107 cm³/mol. The molecule has 0 aliphatic rings. The Hall–Kier alpha value is -2.71. The third-order valence-corrected chi connectivity index (χ3v) is 5.53. The van der Waals surface area contributed by atoms with Crippen LogP contribution in [0.4, 0.5) is 5.69 Å². The van der Waals surface area contributed by atoms with Crippen LogP contribution in [0.2, 0.25) is 0 Å². The number of ether oxygens (including phenoxy) is 1. The molecule has 7 nitrogen and oxygen atoms in total. The summed E-state index contributed by atoms with van der Waals surface area (Å²) in [5.41, 5.74) is 1.85. The molecular weight excluding hydrogens is 380 g/mol. The third kappa shape index (κ3) is 6.17. The van der Waals surface area contributed by atoms with Gasteiger partial charge in [-0.05, 0) is 62.2 Å². The zero-order valence-electron chi connectivity index (χ0n) is 16.1. The number of hydrogen-bond donors (Lipinski definition) is 2. The molecule has 2 aromatic carbocycles. The monoisotopic (exact) mass is 404 g/mol. The maximum absolute atomic E-state index is 12.1. The van der Waals surface area contributed by atoms with Gasteiger partial charge in [-0.1, -0.05) is 12.1 Å². The molecule has 0 unspecified atom stereocenters. The van der Waals surface area contributed by atoms with Gasteiger partial charge in [-0.2, -0.15) is 0 Å². The smallest absolute Gasteiger partial charge is 0.337 e. The summed E-state index contributed by atoms with van der Waals surface area (Å²) in [6.45, 7) is 3.51. The Morgan fingerprint density at radius 1 is 1.00 bits per heavy atom. The van der Waals surface area contributed by atoms with Gasteiger partial charge in [-0.25, -0.2) is 17.9 Å². The van der Waals surface area contributed by atoms with Gasteiger partial charge in [-0.15, -0.1) is 0 Å². The summed E-state index contributed by atoms with van der Waals surface area (Å²) in [6, 6.07) is 12.7. The van der Waals surface area contributed by atoms with Gasteiger partial charge in [0.2, 0.25) is 15.9 Å². The number of hydrogen-bond acceptors (Lipinski definition) is 5. The number of esters is 1. The van der Waals surface area contributed by atoms with Crippen LogP contribution < -0.4 is 10.0 Å². The fourth-order valence-corrected chi connectivity index (χ4v) is 3.75. The van der Waals surface area contributed by atoms with E-state index in [0.29, 0.717) is 17.7 Å². The number of sulfonamides is 1. The molecule has 0 atom stereocenters. The Bertz CT molecular complexity index is 920.